The van der Waals surface area contributed by atoms with Crippen LogP contribution in [0.4, 0.5) is 4.79 Å². The number of hydrogen-bond acceptors (Lipinski definition) is 7. The average molecular weight is 597 g/mol. The molecule has 0 radical (unpaired) electrons. The normalized spacial score (nSPS) is 26.4. The number of oxime groups is 1. The number of hydrogen-bond donors (Lipinski definition) is 3. The summed E-state index contributed by atoms with van der Waals surface area (Å²) in [5.74, 6) is -2.47. The molecule has 5 atom stereocenters. The number of aliphatic carboxylic acids is 1. The Labute approximate surface area is 253 Å². The van der Waals surface area contributed by atoms with Gasteiger partial charge in [0.05, 0.1) is 12.3 Å². The van der Waals surface area contributed by atoms with Crippen molar-refractivity contribution in [2.45, 2.75) is 102 Å². The molecule has 3 aliphatic rings. The van der Waals surface area contributed by atoms with Crippen molar-refractivity contribution in [2.24, 2.45) is 16.5 Å². The van der Waals surface area contributed by atoms with Crippen molar-refractivity contribution in [3.05, 3.63) is 48.6 Å². The van der Waals surface area contributed by atoms with E-state index in [0.717, 1.165) is 31.2 Å². The summed E-state index contributed by atoms with van der Waals surface area (Å²) in [5, 5.41) is 19.7. The first-order valence-corrected chi connectivity index (χ1v) is 15.1. The molecule has 43 heavy (non-hydrogen) atoms. The molecule has 1 heterocycles. The Morgan fingerprint density at radius 2 is 1.84 bits per heavy atom. The number of alkyl carbamates (subject to hydrolysis) is 1. The molecule has 0 unspecified atom stereocenters. The highest BCUT2D eigenvalue weighted by Gasteiger charge is 2.62. The van der Waals surface area contributed by atoms with Gasteiger partial charge >= 0.3 is 12.1 Å². The van der Waals surface area contributed by atoms with Gasteiger partial charge in [-0.15, -0.1) is 6.58 Å². The van der Waals surface area contributed by atoms with E-state index < -0.39 is 53.0 Å². The molecular formula is C32H44N4O7. The maximum Gasteiger partial charge on any atom is 0.408 e. The Balaban J connectivity index is 1.55. The van der Waals surface area contributed by atoms with Crippen molar-refractivity contribution in [1.29, 1.82) is 0 Å². The topological polar surface area (TPSA) is 147 Å². The van der Waals surface area contributed by atoms with Crippen molar-refractivity contribution >= 4 is 29.6 Å². The van der Waals surface area contributed by atoms with E-state index in [4.69, 9.17) is 9.57 Å². The van der Waals surface area contributed by atoms with E-state index >= 15 is 0 Å². The Bertz CT molecular complexity index is 1240. The first kappa shape index (κ1) is 32.0. The highest BCUT2D eigenvalue weighted by Crippen LogP contribution is 2.46. The number of carbonyl (C=O) groups excluding carboxylic acids is 3. The van der Waals surface area contributed by atoms with Gasteiger partial charge in [0.25, 0.3) is 0 Å². The number of amides is 3. The van der Waals surface area contributed by atoms with E-state index in [-0.39, 0.29) is 31.4 Å². The largest absolute Gasteiger partial charge is 0.479 e. The third-order valence-electron chi connectivity index (χ3n) is 8.61. The molecule has 2 aliphatic carbocycles. The van der Waals surface area contributed by atoms with E-state index in [1.807, 2.05) is 51.1 Å². The van der Waals surface area contributed by atoms with E-state index in [0.29, 0.717) is 12.1 Å². The van der Waals surface area contributed by atoms with E-state index in [9.17, 15) is 24.3 Å². The predicted octanol–water partition coefficient (Wildman–Crippen LogP) is 4.02. The highest BCUT2D eigenvalue weighted by molar-refractivity contribution is 5.98. The molecule has 234 valence electrons. The van der Waals surface area contributed by atoms with Gasteiger partial charge in [-0.1, -0.05) is 62.3 Å². The summed E-state index contributed by atoms with van der Waals surface area (Å²) in [4.78, 5) is 60.1. The number of carboxylic acid groups (broad SMARTS) is 1. The van der Waals surface area contributed by atoms with Crippen LogP contribution in [0.1, 0.15) is 78.2 Å². The predicted molar refractivity (Wildman–Crippen MR) is 160 cm³/mol. The second-order valence-electron chi connectivity index (χ2n) is 13.0. The van der Waals surface area contributed by atoms with Gasteiger partial charge in [-0.05, 0) is 62.3 Å². The Hall–Kier alpha value is -3.89. The zero-order valence-electron chi connectivity index (χ0n) is 25.5. The minimum atomic E-state index is -1.41. The third-order valence-corrected chi connectivity index (χ3v) is 8.61. The number of rotatable bonds is 11. The second kappa shape index (κ2) is 13.2. The van der Waals surface area contributed by atoms with Gasteiger partial charge in [0.15, 0.2) is 0 Å². The maximum atomic E-state index is 14.1. The van der Waals surface area contributed by atoms with Crippen LogP contribution in [0.25, 0.3) is 0 Å². The van der Waals surface area contributed by atoms with Crippen molar-refractivity contribution < 1.29 is 33.9 Å². The molecule has 4 rings (SSSR count). The van der Waals surface area contributed by atoms with E-state index in [1.54, 1.807) is 13.0 Å². The lowest BCUT2D eigenvalue weighted by Crippen LogP contribution is -2.59. The molecule has 1 aliphatic heterocycles. The standard InChI is InChI=1S/C32H44N4O7/c1-6-12-22-18-32(22,29(39)40)34-27(37)25-17-24(43-35-20(2)21-13-8-7-9-14-21)19-36(25)28(38)26(31(3,4)5)33-30(41)42-23-15-10-11-16-23/h6-9,13-14,22-26H,1,10-12,15-19H2,2-5H3,(H,33,41)(H,34,37)(H,39,40)/b35-20+/t22-,24-,25+,26-,32-/m1/s1. The third kappa shape index (κ3) is 7.55. The molecule has 0 bridgehead atoms. The van der Waals surface area contributed by atoms with Gasteiger partial charge in [0.2, 0.25) is 11.8 Å². The van der Waals surface area contributed by atoms with Crippen molar-refractivity contribution in [1.82, 2.24) is 15.5 Å². The van der Waals surface area contributed by atoms with Crippen LogP contribution < -0.4 is 10.6 Å². The fourth-order valence-corrected chi connectivity index (χ4v) is 5.96. The monoisotopic (exact) mass is 596 g/mol. The Kier molecular flexibility index (Phi) is 9.82. The fraction of sp³-hybridized carbons (Fsp3) is 0.594. The molecule has 2 saturated carbocycles. The summed E-state index contributed by atoms with van der Waals surface area (Å²) in [6.45, 7) is 11.0. The fourth-order valence-electron chi connectivity index (χ4n) is 5.96. The van der Waals surface area contributed by atoms with E-state index in [2.05, 4.69) is 22.4 Å². The quantitative estimate of drug-likeness (QED) is 0.199. The zero-order valence-corrected chi connectivity index (χ0v) is 25.5. The number of allylic oxidation sites excluding steroid dienone is 1. The lowest BCUT2D eigenvalue weighted by molar-refractivity contribution is -0.146. The van der Waals surface area contributed by atoms with Gasteiger partial charge in [0.1, 0.15) is 29.8 Å². The van der Waals surface area contributed by atoms with Gasteiger partial charge in [-0.25, -0.2) is 9.59 Å². The Morgan fingerprint density at radius 3 is 2.44 bits per heavy atom. The smallest absolute Gasteiger partial charge is 0.408 e. The first-order chi connectivity index (χ1) is 20.4. The molecule has 3 N–H and O–H groups in total. The first-order valence-electron chi connectivity index (χ1n) is 15.1. The minimum absolute atomic E-state index is 0.0323. The summed E-state index contributed by atoms with van der Waals surface area (Å²) in [5.41, 5.74) is -0.633. The summed E-state index contributed by atoms with van der Waals surface area (Å²) in [7, 11) is 0. The molecule has 0 aromatic heterocycles. The summed E-state index contributed by atoms with van der Waals surface area (Å²) >= 11 is 0. The number of likely N-dealkylation sites (tertiary alicyclic amines) is 1. The minimum Gasteiger partial charge on any atom is -0.479 e. The maximum absolute atomic E-state index is 14.1. The molecule has 1 saturated heterocycles. The number of benzene rings is 1. The van der Waals surface area contributed by atoms with Crippen LogP contribution >= 0.6 is 0 Å². The lowest BCUT2D eigenvalue weighted by Gasteiger charge is -2.35. The van der Waals surface area contributed by atoms with Crippen molar-refractivity contribution in [3.63, 3.8) is 0 Å². The zero-order chi connectivity index (χ0) is 31.4. The van der Waals surface area contributed by atoms with Gasteiger partial charge in [0, 0.05) is 6.42 Å². The number of carboxylic acids is 1. The molecular weight excluding hydrogens is 552 g/mol. The number of nitrogens with one attached hydrogen (secondary N) is 2. The van der Waals surface area contributed by atoms with Crippen LogP contribution in [0.15, 0.2) is 48.1 Å². The number of carbonyl (C=O) groups is 4. The molecule has 3 fully saturated rings. The molecule has 1 aromatic rings. The summed E-state index contributed by atoms with van der Waals surface area (Å²) < 4.78 is 5.57. The van der Waals surface area contributed by atoms with Crippen molar-refractivity contribution in [2.75, 3.05) is 6.54 Å². The number of ether oxygens (including phenoxy) is 1. The SMILES string of the molecule is C=CC[C@@H]1C[C@]1(NC(=O)[C@@H]1C[C@@H](O/N=C(\C)c2ccccc2)CN1C(=O)[C@@H](NC(=O)OC1CCCC1)C(C)(C)C)C(=O)O. The van der Waals surface area contributed by atoms with Crippen LogP contribution in [-0.4, -0.2) is 76.0 Å². The molecule has 0 spiro atoms. The van der Waals surface area contributed by atoms with Crippen LogP contribution in [0.2, 0.25) is 0 Å². The van der Waals surface area contributed by atoms with Crippen LogP contribution in [0.5, 0.6) is 0 Å². The second-order valence-corrected chi connectivity index (χ2v) is 13.0. The number of nitrogens with zero attached hydrogens (tertiary/aromatic N) is 2. The summed E-state index contributed by atoms with van der Waals surface area (Å²) in [6, 6.07) is 7.43. The Morgan fingerprint density at radius 1 is 1.16 bits per heavy atom. The van der Waals surface area contributed by atoms with Crippen LogP contribution in [-0.2, 0) is 24.0 Å². The van der Waals surface area contributed by atoms with Crippen LogP contribution in [0.3, 0.4) is 0 Å². The van der Waals surface area contributed by atoms with Gasteiger partial charge in [-0.3, -0.25) is 9.59 Å². The van der Waals surface area contributed by atoms with Crippen LogP contribution in [0, 0.1) is 11.3 Å². The molecule has 3 amide bonds. The molecule has 11 nitrogen and oxygen atoms in total. The molecule has 11 heteroatoms. The van der Waals surface area contributed by atoms with Gasteiger partial charge in [-0.2, -0.15) is 0 Å². The van der Waals surface area contributed by atoms with Crippen molar-refractivity contribution in [3.8, 4) is 0 Å². The average Bonchev–Trinajstić information content (AvgIpc) is 3.28. The highest BCUT2D eigenvalue weighted by atomic mass is 16.6. The lowest BCUT2D eigenvalue weighted by atomic mass is 9.85. The van der Waals surface area contributed by atoms with Gasteiger partial charge < -0.3 is 30.2 Å². The summed E-state index contributed by atoms with van der Waals surface area (Å²) in [6.07, 6.45) is 4.53. The molecule has 1 aromatic carbocycles. The van der Waals surface area contributed by atoms with E-state index in [1.165, 1.54) is 4.90 Å².